The van der Waals surface area contributed by atoms with Crippen LogP contribution in [0.15, 0.2) is 35.1 Å². The van der Waals surface area contributed by atoms with Crippen LogP contribution in [0.1, 0.15) is 11.4 Å². The van der Waals surface area contributed by atoms with Crippen LogP contribution in [0, 0.1) is 0 Å². The minimum Gasteiger partial charge on any atom is -0.496 e. The monoisotopic (exact) mass is 353 g/mol. The fraction of sp³-hybridized carbons (Fsp3) is 0.400. The zero-order valence-electron chi connectivity index (χ0n) is 12.3. The number of nitrogens with one attached hydrogen (secondary N) is 1. The van der Waals surface area contributed by atoms with Gasteiger partial charge in [0.05, 0.1) is 24.7 Å². The SMILES string of the molecule is COCCNCc1nccn1Cc1ccc(OC)c(Br)c1. The number of ether oxygens (including phenoxy) is 2. The molecule has 0 atom stereocenters. The van der Waals surface area contributed by atoms with Crippen LogP contribution in [-0.2, 0) is 17.8 Å². The summed E-state index contributed by atoms with van der Waals surface area (Å²) in [4.78, 5) is 4.39. The summed E-state index contributed by atoms with van der Waals surface area (Å²) in [5.74, 6) is 1.85. The smallest absolute Gasteiger partial charge is 0.133 e. The molecule has 0 saturated heterocycles. The molecule has 1 aromatic heterocycles. The Morgan fingerprint density at radius 1 is 1.33 bits per heavy atom. The van der Waals surface area contributed by atoms with Gasteiger partial charge in [-0.1, -0.05) is 6.07 Å². The fourth-order valence-corrected chi connectivity index (χ4v) is 2.62. The van der Waals surface area contributed by atoms with E-state index in [1.807, 2.05) is 18.5 Å². The molecule has 0 radical (unpaired) electrons. The molecule has 0 aliphatic rings. The Labute approximate surface area is 133 Å². The van der Waals surface area contributed by atoms with E-state index in [1.165, 1.54) is 5.56 Å². The third-order valence-electron chi connectivity index (χ3n) is 3.14. The van der Waals surface area contributed by atoms with Crippen molar-refractivity contribution in [3.05, 3.63) is 46.5 Å². The Bertz CT molecular complexity index is 572. The van der Waals surface area contributed by atoms with E-state index < -0.39 is 0 Å². The van der Waals surface area contributed by atoms with E-state index in [4.69, 9.17) is 9.47 Å². The molecule has 6 heteroatoms. The maximum Gasteiger partial charge on any atom is 0.133 e. The average Bonchev–Trinajstić information content (AvgIpc) is 2.91. The number of imidazole rings is 1. The summed E-state index contributed by atoms with van der Waals surface area (Å²) in [7, 11) is 3.36. The van der Waals surface area contributed by atoms with Gasteiger partial charge in [0, 0.05) is 32.6 Å². The highest BCUT2D eigenvalue weighted by atomic mass is 79.9. The molecular weight excluding hydrogens is 334 g/mol. The van der Waals surface area contributed by atoms with Gasteiger partial charge in [-0.25, -0.2) is 4.98 Å². The van der Waals surface area contributed by atoms with E-state index >= 15 is 0 Å². The molecule has 0 amide bonds. The largest absolute Gasteiger partial charge is 0.496 e. The van der Waals surface area contributed by atoms with Gasteiger partial charge < -0.3 is 19.4 Å². The van der Waals surface area contributed by atoms with E-state index in [1.54, 1.807) is 14.2 Å². The molecule has 0 aliphatic heterocycles. The van der Waals surface area contributed by atoms with Crippen molar-refractivity contribution < 1.29 is 9.47 Å². The summed E-state index contributed by atoms with van der Waals surface area (Å²) < 4.78 is 13.4. The minimum absolute atomic E-state index is 0.701. The first-order valence-electron chi connectivity index (χ1n) is 6.76. The van der Waals surface area contributed by atoms with Crippen LogP contribution in [0.3, 0.4) is 0 Å². The van der Waals surface area contributed by atoms with Crippen molar-refractivity contribution in [2.24, 2.45) is 0 Å². The van der Waals surface area contributed by atoms with Crippen LogP contribution in [0.25, 0.3) is 0 Å². The first kappa shape index (κ1) is 16.0. The zero-order chi connectivity index (χ0) is 15.1. The predicted molar refractivity (Wildman–Crippen MR) is 85.6 cm³/mol. The summed E-state index contributed by atoms with van der Waals surface area (Å²) in [6.45, 7) is 3.03. The first-order valence-corrected chi connectivity index (χ1v) is 7.56. The molecule has 0 saturated carbocycles. The number of hydrogen-bond acceptors (Lipinski definition) is 4. The third kappa shape index (κ3) is 4.56. The lowest BCUT2D eigenvalue weighted by atomic mass is 10.2. The van der Waals surface area contributed by atoms with E-state index in [2.05, 4.69) is 42.9 Å². The number of rotatable bonds is 8. The Morgan fingerprint density at radius 2 is 2.19 bits per heavy atom. The summed E-state index contributed by atoms with van der Waals surface area (Å²) in [6.07, 6.45) is 3.82. The average molecular weight is 354 g/mol. The van der Waals surface area contributed by atoms with Crippen LogP contribution in [0.4, 0.5) is 0 Å². The van der Waals surface area contributed by atoms with E-state index in [0.717, 1.165) is 35.7 Å². The van der Waals surface area contributed by atoms with E-state index in [9.17, 15) is 0 Å². The lowest BCUT2D eigenvalue weighted by molar-refractivity contribution is 0.199. The molecule has 1 aromatic carbocycles. The van der Waals surface area contributed by atoms with Gasteiger partial charge in [0.2, 0.25) is 0 Å². The molecule has 0 fully saturated rings. The second kappa shape index (κ2) is 8.17. The molecule has 1 heterocycles. The first-order chi connectivity index (χ1) is 10.2. The highest BCUT2D eigenvalue weighted by molar-refractivity contribution is 9.10. The summed E-state index contributed by atoms with van der Waals surface area (Å²) in [5, 5.41) is 3.31. The summed E-state index contributed by atoms with van der Waals surface area (Å²) in [5.41, 5.74) is 1.19. The molecule has 0 bridgehead atoms. The van der Waals surface area contributed by atoms with Crippen molar-refractivity contribution in [2.75, 3.05) is 27.4 Å². The van der Waals surface area contributed by atoms with E-state index in [0.29, 0.717) is 6.61 Å². The third-order valence-corrected chi connectivity index (χ3v) is 3.76. The van der Waals surface area contributed by atoms with Crippen molar-refractivity contribution in [3.8, 4) is 5.75 Å². The number of nitrogens with zero attached hydrogens (tertiary/aromatic N) is 2. The summed E-state index contributed by atoms with van der Waals surface area (Å²) >= 11 is 3.51. The van der Waals surface area contributed by atoms with Gasteiger partial charge in [-0.2, -0.15) is 0 Å². The molecule has 0 spiro atoms. The van der Waals surface area contributed by atoms with Gasteiger partial charge in [0.25, 0.3) is 0 Å². The van der Waals surface area contributed by atoms with Crippen LogP contribution < -0.4 is 10.1 Å². The predicted octanol–water partition coefficient (Wildman–Crippen LogP) is 2.44. The Kier molecular flexibility index (Phi) is 6.22. The lowest BCUT2D eigenvalue weighted by Crippen LogP contribution is -2.21. The topological polar surface area (TPSA) is 48.3 Å². The molecule has 5 nitrogen and oxygen atoms in total. The van der Waals surface area contributed by atoms with Crippen LogP contribution in [0.5, 0.6) is 5.75 Å². The number of aromatic nitrogens is 2. The zero-order valence-corrected chi connectivity index (χ0v) is 13.9. The van der Waals surface area contributed by atoms with Gasteiger partial charge in [0.15, 0.2) is 0 Å². The van der Waals surface area contributed by atoms with Crippen molar-refractivity contribution in [2.45, 2.75) is 13.1 Å². The Balaban J connectivity index is 1.99. The standard InChI is InChI=1S/C15H20BrN3O2/c1-20-8-6-17-10-15-18-5-7-19(15)11-12-3-4-14(21-2)13(16)9-12/h3-5,7,9,17H,6,8,10-11H2,1-2H3. The number of benzene rings is 1. The highest BCUT2D eigenvalue weighted by Crippen LogP contribution is 2.25. The normalized spacial score (nSPS) is 10.8. The number of hydrogen-bond donors (Lipinski definition) is 1. The van der Waals surface area contributed by atoms with Crippen molar-refractivity contribution >= 4 is 15.9 Å². The minimum atomic E-state index is 0.701. The maximum absolute atomic E-state index is 5.25. The van der Waals surface area contributed by atoms with Gasteiger partial charge in [-0.3, -0.25) is 0 Å². The van der Waals surface area contributed by atoms with Crippen LogP contribution in [0.2, 0.25) is 0 Å². The number of halogens is 1. The highest BCUT2D eigenvalue weighted by Gasteiger charge is 2.06. The lowest BCUT2D eigenvalue weighted by Gasteiger charge is -2.10. The molecule has 21 heavy (non-hydrogen) atoms. The molecule has 1 N–H and O–H groups in total. The Hall–Kier alpha value is -1.37. The fourth-order valence-electron chi connectivity index (χ4n) is 2.03. The van der Waals surface area contributed by atoms with Gasteiger partial charge in [-0.15, -0.1) is 0 Å². The molecular formula is C15H20BrN3O2. The Morgan fingerprint density at radius 3 is 2.90 bits per heavy atom. The van der Waals surface area contributed by atoms with Crippen LogP contribution >= 0.6 is 15.9 Å². The molecule has 0 aliphatic carbocycles. The van der Waals surface area contributed by atoms with Crippen molar-refractivity contribution in [3.63, 3.8) is 0 Å². The van der Waals surface area contributed by atoms with Gasteiger partial charge in [0.1, 0.15) is 11.6 Å². The maximum atomic E-state index is 5.25. The van der Waals surface area contributed by atoms with Gasteiger partial charge in [-0.05, 0) is 33.6 Å². The molecule has 0 unspecified atom stereocenters. The van der Waals surface area contributed by atoms with Crippen molar-refractivity contribution in [1.82, 2.24) is 14.9 Å². The van der Waals surface area contributed by atoms with Crippen molar-refractivity contribution in [1.29, 1.82) is 0 Å². The quantitative estimate of drug-likeness (QED) is 0.740. The summed E-state index contributed by atoms with van der Waals surface area (Å²) in [6, 6.07) is 6.10. The molecule has 114 valence electrons. The molecule has 2 aromatic rings. The van der Waals surface area contributed by atoms with Gasteiger partial charge >= 0.3 is 0 Å². The van der Waals surface area contributed by atoms with E-state index in [-0.39, 0.29) is 0 Å². The molecule has 2 rings (SSSR count). The van der Waals surface area contributed by atoms with Crippen LogP contribution in [-0.4, -0.2) is 36.9 Å². The second-order valence-electron chi connectivity index (χ2n) is 4.61. The number of methoxy groups -OCH3 is 2. The second-order valence-corrected chi connectivity index (χ2v) is 5.46.